The number of hydrogen-bond acceptors (Lipinski definition) is 6. The van der Waals surface area contributed by atoms with Crippen molar-refractivity contribution in [2.75, 3.05) is 62.4 Å². The highest BCUT2D eigenvalue weighted by Gasteiger charge is 2.29. The molecule has 1 aromatic rings. The molecule has 0 atom stereocenters. The Kier molecular flexibility index (Phi) is 4.39. The van der Waals surface area contributed by atoms with Crippen LogP contribution in [0.25, 0.3) is 0 Å². The van der Waals surface area contributed by atoms with Gasteiger partial charge in [0.1, 0.15) is 0 Å². The van der Waals surface area contributed by atoms with Crippen LogP contribution in [0.15, 0.2) is 12.1 Å². The summed E-state index contributed by atoms with van der Waals surface area (Å²) in [6, 6.07) is 2.88. The number of halogens is 1. The summed E-state index contributed by atoms with van der Waals surface area (Å²) in [7, 11) is 0. The lowest BCUT2D eigenvalue weighted by Gasteiger charge is -2.32. The van der Waals surface area contributed by atoms with E-state index in [0.29, 0.717) is 58.3 Å². The lowest BCUT2D eigenvalue weighted by atomic mass is 10.1. The molecule has 2 fully saturated rings. The van der Waals surface area contributed by atoms with Gasteiger partial charge in [0, 0.05) is 32.2 Å². The SMILES string of the molecule is O=[N+]([O-])c1ccc(N2CCOCC2)c(F)c1N1CCOCC1. The van der Waals surface area contributed by atoms with Gasteiger partial charge in [-0.05, 0) is 6.07 Å². The normalized spacial score (nSPS) is 19.3. The van der Waals surface area contributed by atoms with E-state index in [1.165, 1.54) is 12.1 Å². The van der Waals surface area contributed by atoms with Gasteiger partial charge in [0.05, 0.1) is 37.0 Å². The molecule has 0 N–H and O–H groups in total. The summed E-state index contributed by atoms with van der Waals surface area (Å²) in [5.41, 5.74) is 0.268. The highest BCUT2D eigenvalue weighted by molar-refractivity contribution is 5.72. The van der Waals surface area contributed by atoms with Crippen LogP contribution in [0.2, 0.25) is 0 Å². The van der Waals surface area contributed by atoms with Crippen LogP contribution in [0.5, 0.6) is 0 Å². The lowest BCUT2D eigenvalue weighted by molar-refractivity contribution is -0.384. The third-order valence-corrected chi connectivity index (χ3v) is 3.95. The first kappa shape index (κ1) is 15.0. The van der Waals surface area contributed by atoms with Crippen LogP contribution in [0.4, 0.5) is 21.5 Å². The fraction of sp³-hybridized carbons (Fsp3) is 0.571. The number of ether oxygens (including phenoxy) is 2. The molecule has 0 unspecified atom stereocenters. The minimum absolute atomic E-state index is 0.0669. The van der Waals surface area contributed by atoms with E-state index in [1.54, 1.807) is 4.90 Å². The molecule has 0 saturated carbocycles. The van der Waals surface area contributed by atoms with E-state index >= 15 is 0 Å². The fourth-order valence-corrected chi connectivity index (χ4v) is 2.83. The highest BCUT2D eigenvalue weighted by atomic mass is 19.1. The minimum Gasteiger partial charge on any atom is -0.378 e. The first-order valence-electron chi connectivity index (χ1n) is 7.31. The molecule has 0 amide bonds. The van der Waals surface area contributed by atoms with E-state index in [1.807, 2.05) is 4.90 Å². The molecule has 0 bridgehead atoms. The second kappa shape index (κ2) is 6.45. The zero-order chi connectivity index (χ0) is 15.5. The molecule has 22 heavy (non-hydrogen) atoms. The third-order valence-electron chi connectivity index (χ3n) is 3.95. The van der Waals surface area contributed by atoms with E-state index in [-0.39, 0.29) is 11.4 Å². The number of morpholine rings is 2. The molecule has 0 spiro atoms. The third kappa shape index (κ3) is 2.84. The molecule has 2 aliphatic heterocycles. The number of anilines is 2. The quantitative estimate of drug-likeness (QED) is 0.621. The summed E-state index contributed by atoms with van der Waals surface area (Å²) in [6.45, 7) is 4.01. The number of nitro groups is 1. The summed E-state index contributed by atoms with van der Waals surface area (Å²) < 4.78 is 25.5. The second-order valence-corrected chi connectivity index (χ2v) is 5.22. The fourth-order valence-electron chi connectivity index (χ4n) is 2.83. The Bertz CT molecular complexity index is 557. The maximum absolute atomic E-state index is 15.0. The maximum Gasteiger partial charge on any atom is 0.295 e. The molecule has 0 aromatic heterocycles. The summed E-state index contributed by atoms with van der Waals surface area (Å²) in [6.07, 6.45) is 0. The smallest absolute Gasteiger partial charge is 0.295 e. The first-order chi connectivity index (χ1) is 10.7. The number of hydrogen-bond donors (Lipinski definition) is 0. The van der Waals surface area contributed by atoms with Crippen molar-refractivity contribution in [2.45, 2.75) is 0 Å². The predicted octanol–water partition coefficient (Wildman–Crippen LogP) is 1.41. The van der Waals surface area contributed by atoms with Gasteiger partial charge in [-0.3, -0.25) is 10.1 Å². The molecule has 0 radical (unpaired) electrons. The van der Waals surface area contributed by atoms with Crippen LogP contribution >= 0.6 is 0 Å². The molecule has 1 aromatic carbocycles. The van der Waals surface area contributed by atoms with E-state index < -0.39 is 10.7 Å². The molecule has 3 rings (SSSR count). The molecular weight excluding hydrogens is 293 g/mol. The Balaban J connectivity index is 2.00. The minimum atomic E-state index is -0.531. The van der Waals surface area contributed by atoms with Crippen molar-refractivity contribution in [3.8, 4) is 0 Å². The van der Waals surface area contributed by atoms with Crippen LogP contribution in [0, 0.1) is 15.9 Å². The molecular formula is C14H18FN3O4. The number of nitrogens with zero attached hydrogens (tertiary/aromatic N) is 3. The number of rotatable bonds is 3. The Labute approximate surface area is 127 Å². The molecule has 2 aliphatic rings. The topological polar surface area (TPSA) is 68.1 Å². The molecule has 120 valence electrons. The van der Waals surface area contributed by atoms with Gasteiger partial charge in [-0.15, -0.1) is 0 Å². The Hall–Kier alpha value is -1.93. The van der Waals surface area contributed by atoms with Crippen LogP contribution < -0.4 is 9.80 Å². The van der Waals surface area contributed by atoms with Crippen molar-refractivity contribution in [1.29, 1.82) is 0 Å². The Morgan fingerprint density at radius 2 is 1.55 bits per heavy atom. The standard InChI is InChI=1S/C14H18FN3O4/c15-13-11(16-3-7-21-8-4-16)1-2-12(18(19)20)14(13)17-5-9-22-10-6-17/h1-2H,3-10H2. The van der Waals surface area contributed by atoms with Gasteiger partial charge in [0.2, 0.25) is 0 Å². The van der Waals surface area contributed by atoms with Gasteiger partial charge in [-0.1, -0.05) is 0 Å². The van der Waals surface area contributed by atoms with Gasteiger partial charge in [0.25, 0.3) is 5.69 Å². The first-order valence-corrected chi connectivity index (χ1v) is 7.31. The monoisotopic (exact) mass is 311 g/mol. The zero-order valence-electron chi connectivity index (χ0n) is 12.2. The summed E-state index contributed by atoms with van der Waals surface area (Å²) in [5.74, 6) is -0.530. The van der Waals surface area contributed by atoms with E-state index in [9.17, 15) is 14.5 Å². The van der Waals surface area contributed by atoms with Crippen molar-refractivity contribution >= 4 is 17.1 Å². The van der Waals surface area contributed by atoms with Gasteiger partial charge in [-0.25, -0.2) is 4.39 Å². The molecule has 2 saturated heterocycles. The lowest BCUT2D eigenvalue weighted by Crippen LogP contribution is -2.39. The van der Waals surface area contributed by atoms with Gasteiger partial charge >= 0.3 is 0 Å². The van der Waals surface area contributed by atoms with Crippen LogP contribution in [-0.2, 0) is 9.47 Å². The largest absolute Gasteiger partial charge is 0.378 e. The summed E-state index contributed by atoms with van der Waals surface area (Å²) in [5, 5.41) is 11.3. The van der Waals surface area contributed by atoms with Crippen LogP contribution in [0.1, 0.15) is 0 Å². The van der Waals surface area contributed by atoms with Gasteiger partial charge in [0.15, 0.2) is 11.5 Å². The molecule has 2 heterocycles. The molecule has 7 nitrogen and oxygen atoms in total. The average Bonchev–Trinajstić information content (AvgIpc) is 2.56. The maximum atomic E-state index is 15.0. The number of benzene rings is 1. The molecule has 0 aliphatic carbocycles. The summed E-state index contributed by atoms with van der Waals surface area (Å²) in [4.78, 5) is 14.3. The van der Waals surface area contributed by atoms with Gasteiger partial charge < -0.3 is 19.3 Å². The average molecular weight is 311 g/mol. The van der Waals surface area contributed by atoms with Crippen molar-refractivity contribution in [3.63, 3.8) is 0 Å². The summed E-state index contributed by atoms with van der Waals surface area (Å²) >= 11 is 0. The van der Waals surface area contributed by atoms with Crippen molar-refractivity contribution in [1.82, 2.24) is 0 Å². The number of nitro benzene ring substituents is 1. The van der Waals surface area contributed by atoms with Gasteiger partial charge in [-0.2, -0.15) is 0 Å². The van der Waals surface area contributed by atoms with E-state index in [4.69, 9.17) is 9.47 Å². The zero-order valence-corrected chi connectivity index (χ0v) is 12.2. The van der Waals surface area contributed by atoms with Crippen molar-refractivity contribution < 1.29 is 18.8 Å². The Morgan fingerprint density at radius 3 is 2.09 bits per heavy atom. The molecule has 8 heteroatoms. The van der Waals surface area contributed by atoms with E-state index in [0.717, 1.165) is 0 Å². The Morgan fingerprint density at radius 1 is 1.00 bits per heavy atom. The second-order valence-electron chi connectivity index (χ2n) is 5.22. The van der Waals surface area contributed by atoms with Crippen molar-refractivity contribution in [3.05, 3.63) is 28.1 Å². The van der Waals surface area contributed by atoms with Crippen LogP contribution in [-0.4, -0.2) is 57.5 Å². The van der Waals surface area contributed by atoms with Crippen LogP contribution in [0.3, 0.4) is 0 Å². The highest BCUT2D eigenvalue weighted by Crippen LogP contribution is 2.37. The van der Waals surface area contributed by atoms with E-state index in [2.05, 4.69) is 0 Å². The van der Waals surface area contributed by atoms with Crippen molar-refractivity contribution in [2.24, 2.45) is 0 Å². The predicted molar refractivity (Wildman–Crippen MR) is 79.1 cm³/mol.